The highest BCUT2D eigenvalue weighted by Gasteiger charge is 2.20. The van der Waals surface area contributed by atoms with Crippen molar-refractivity contribution in [1.82, 2.24) is 0 Å². The number of fused-ring (bicyclic) bond motifs is 1. The molecule has 94 valence electrons. The summed E-state index contributed by atoms with van der Waals surface area (Å²) in [4.78, 5) is 22.3. The van der Waals surface area contributed by atoms with Crippen LogP contribution in [0.5, 0.6) is 11.5 Å². The molecule has 0 fully saturated rings. The van der Waals surface area contributed by atoms with Crippen LogP contribution in [0.15, 0.2) is 17.7 Å². The number of rotatable bonds is 2. The number of hydrogen-bond donors (Lipinski definition) is 1. The predicted octanol–water partition coefficient (Wildman–Crippen LogP) is 2.24. The molecule has 0 bridgehead atoms. The number of carbonyl (C=O) groups is 2. The van der Waals surface area contributed by atoms with Crippen LogP contribution in [0, 0.1) is 0 Å². The van der Waals surface area contributed by atoms with Gasteiger partial charge in [0.1, 0.15) is 11.5 Å². The van der Waals surface area contributed by atoms with E-state index in [1.807, 2.05) is 0 Å². The van der Waals surface area contributed by atoms with Gasteiger partial charge in [0.2, 0.25) is 0 Å². The molecule has 4 heteroatoms. The Morgan fingerprint density at radius 2 is 1.94 bits per heavy atom. The van der Waals surface area contributed by atoms with Gasteiger partial charge in [0.15, 0.2) is 5.78 Å². The average Bonchev–Trinajstić information content (AvgIpc) is 2.32. The van der Waals surface area contributed by atoms with Gasteiger partial charge in [-0.3, -0.25) is 9.59 Å². The smallest absolute Gasteiger partial charge is 0.308 e. The monoisotopic (exact) mass is 246 g/mol. The van der Waals surface area contributed by atoms with Crippen molar-refractivity contribution in [1.29, 1.82) is 0 Å². The molecule has 0 heterocycles. The molecule has 0 amide bonds. The maximum Gasteiger partial charge on any atom is 0.308 e. The largest absolute Gasteiger partial charge is 0.507 e. The third-order valence-corrected chi connectivity index (χ3v) is 2.96. The van der Waals surface area contributed by atoms with E-state index in [-0.39, 0.29) is 11.5 Å². The zero-order valence-corrected chi connectivity index (χ0v) is 10.3. The summed E-state index contributed by atoms with van der Waals surface area (Å²) in [5, 5.41) is 9.82. The summed E-state index contributed by atoms with van der Waals surface area (Å²) in [6.45, 7) is 2.84. The fourth-order valence-electron chi connectivity index (χ4n) is 2.09. The molecule has 1 aliphatic carbocycles. The first-order valence-electron chi connectivity index (χ1n) is 5.74. The number of esters is 1. The van der Waals surface area contributed by atoms with Crippen molar-refractivity contribution in [2.45, 2.75) is 26.7 Å². The Morgan fingerprint density at radius 1 is 1.22 bits per heavy atom. The van der Waals surface area contributed by atoms with Gasteiger partial charge in [-0.1, -0.05) is 0 Å². The average molecular weight is 246 g/mol. The number of Topliss-reactive ketones (excluding diaryl/α,β-unsaturated/α-hetero) is 1. The van der Waals surface area contributed by atoms with E-state index in [1.54, 1.807) is 12.1 Å². The molecule has 2 rings (SSSR count). The van der Waals surface area contributed by atoms with Crippen molar-refractivity contribution in [2.75, 3.05) is 0 Å². The van der Waals surface area contributed by atoms with Crippen LogP contribution in [0.4, 0.5) is 0 Å². The first-order valence-corrected chi connectivity index (χ1v) is 5.74. The van der Waals surface area contributed by atoms with E-state index in [1.165, 1.54) is 19.9 Å². The van der Waals surface area contributed by atoms with Crippen LogP contribution in [0.3, 0.4) is 0 Å². The second-order valence-electron chi connectivity index (χ2n) is 4.29. The Morgan fingerprint density at radius 3 is 2.56 bits per heavy atom. The summed E-state index contributed by atoms with van der Waals surface area (Å²) in [6.07, 6.45) is 2.85. The van der Waals surface area contributed by atoms with Crippen LogP contribution in [0.25, 0.3) is 6.08 Å². The molecular formula is C14H14O4. The predicted molar refractivity (Wildman–Crippen MR) is 66.4 cm³/mol. The van der Waals surface area contributed by atoms with Crippen molar-refractivity contribution in [2.24, 2.45) is 0 Å². The normalized spacial score (nSPS) is 13.6. The Bertz CT molecular complexity index is 555. The minimum Gasteiger partial charge on any atom is -0.507 e. The lowest BCUT2D eigenvalue weighted by atomic mass is 9.89. The van der Waals surface area contributed by atoms with Crippen molar-refractivity contribution in [3.05, 3.63) is 28.8 Å². The molecule has 0 aliphatic heterocycles. The highest BCUT2D eigenvalue weighted by molar-refractivity contribution is 5.99. The minimum atomic E-state index is -0.399. The van der Waals surface area contributed by atoms with E-state index < -0.39 is 5.97 Å². The maximum atomic E-state index is 11.3. The van der Waals surface area contributed by atoms with Gasteiger partial charge in [-0.2, -0.15) is 0 Å². The fourth-order valence-corrected chi connectivity index (χ4v) is 2.09. The number of hydrogen-bond acceptors (Lipinski definition) is 4. The standard InChI is InChI=1S/C14H14O4/c1-8(15)10-3-4-11-12(7-10)13(17)5-6-14(11)18-9(2)16/h5-7,17H,3-4H2,1-2H3. The van der Waals surface area contributed by atoms with E-state index in [2.05, 4.69) is 0 Å². The first-order chi connectivity index (χ1) is 8.49. The Kier molecular flexibility index (Phi) is 3.19. The van der Waals surface area contributed by atoms with Crippen LogP contribution in [0.2, 0.25) is 0 Å². The lowest BCUT2D eigenvalue weighted by molar-refractivity contribution is -0.132. The summed E-state index contributed by atoms with van der Waals surface area (Å²) >= 11 is 0. The summed E-state index contributed by atoms with van der Waals surface area (Å²) in [5.41, 5.74) is 2.03. The zero-order chi connectivity index (χ0) is 13.3. The molecule has 0 aromatic heterocycles. The number of ketones is 1. The Labute approximate surface area is 105 Å². The van der Waals surface area contributed by atoms with Crippen LogP contribution < -0.4 is 4.74 Å². The van der Waals surface area contributed by atoms with Crippen LogP contribution in [-0.4, -0.2) is 16.9 Å². The minimum absolute atomic E-state index is 0.00191. The second-order valence-corrected chi connectivity index (χ2v) is 4.29. The molecule has 0 saturated carbocycles. The lowest BCUT2D eigenvalue weighted by Crippen LogP contribution is -2.09. The highest BCUT2D eigenvalue weighted by Crippen LogP contribution is 2.36. The Hall–Kier alpha value is -2.10. The number of aromatic hydroxyl groups is 1. The van der Waals surface area contributed by atoms with Gasteiger partial charge in [0.25, 0.3) is 0 Å². The van der Waals surface area contributed by atoms with Gasteiger partial charge in [-0.25, -0.2) is 0 Å². The van der Waals surface area contributed by atoms with Gasteiger partial charge in [0.05, 0.1) is 0 Å². The van der Waals surface area contributed by atoms with Crippen LogP contribution in [0.1, 0.15) is 31.4 Å². The summed E-state index contributed by atoms with van der Waals surface area (Å²) in [5.74, 6) is 0.149. The number of phenols is 1. The molecule has 0 saturated heterocycles. The molecule has 1 aromatic carbocycles. The molecular weight excluding hydrogens is 232 g/mol. The van der Waals surface area contributed by atoms with Crippen LogP contribution >= 0.6 is 0 Å². The van der Waals surface area contributed by atoms with E-state index in [0.717, 1.165) is 5.56 Å². The third-order valence-electron chi connectivity index (χ3n) is 2.96. The summed E-state index contributed by atoms with van der Waals surface area (Å²) in [6, 6.07) is 3.04. The molecule has 1 aromatic rings. The number of allylic oxidation sites excluding steroid dienone is 1. The quantitative estimate of drug-likeness (QED) is 0.642. The number of phenolic OH excluding ortho intramolecular Hbond substituents is 1. The van der Waals surface area contributed by atoms with Gasteiger partial charge in [0, 0.05) is 18.1 Å². The first kappa shape index (κ1) is 12.4. The van der Waals surface area contributed by atoms with Gasteiger partial charge in [-0.15, -0.1) is 0 Å². The maximum absolute atomic E-state index is 11.3. The van der Waals surface area contributed by atoms with E-state index in [4.69, 9.17) is 4.74 Å². The van der Waals surface area contributed by atoms with E-state index in [9.17, 15) is 14.7 Å². The van der Waals surface area contributed by atoms with Gasteiger partial charge >= 0.3 is 5.97 Å². The van der Waals surface area contributed by atoms with Crippen molar-refractivity contribution in [3.63, 3.8) is 0 Å². The molecule has 0 atom stereocenters. The van der Waals surface area contributed by atoms with Crippen molar-refractivity contribution >= 4 is 17.8 Å². The third kappa shape index (κ3) is 2.27. The van der Waals surface area contributed by atoms with Crippen molar-refractivity contribution < 1.29 is 19.4 Å². The number of carbonyl (C=O) groups excluding carboxylic acids is 2. The molecule has 0 unspecified atom stereocenters. The van der Waals surface area contributed by atoms with E-state index in [0.29, 0.717) is 29.7 Å². The van der Waals surface area contributed by atoms with Crippen LogP contribution in [-0.2, 0) is 16.0 Å². The van der Waals surface area contributed by atoms with Gasteiger partial charge < -0.3 is 9.84 Å². The zero-order valence-electron chi connectivity index (χ0n) is 10.3. The summed E-state index contributed by atoms with van der Waals surface area (Å²) < 4.78 is 5.10. The Balaban J connectivity index is 2.51. The molecule has 1 aliphatic rings. The van der Waals surface area contributed by atoms with Crippen molar-refractivity contribution in [3.8, 4) is 11.5 Å². The van der Waals surface area contributed by atoms with Gasteiger partial charge in [-0.05, 0) is 43.5 Å². The second kappa shape index (κ2) is 4.64. The molecule has 18 heavy (non-hydrogen) atoms. The topological polar surface area (TPSA) is 63.6 Å². The molecule has 4 nitrogen and oxygen atoms in total. The number of ether oxygens (including phenoxy) is 1. The highest BCUT2D eigenvalue weighted by atomic mass is 16.5. The lowest BCUT2D eigenvalue weighted by Gasteiger charge is -2.18. The SMILES string of the molecule is CC(=O)Oc1ccc(O)c2c1CCC(C(C)=O)=C2. The number of benzene rings is 1. The summed E-state index contributed by atoms with van der Waals surface area (Å²) in [7, 11) is 0. The molecule has 0 radical (unpaired) electrons. The molecule has 0 spiro atoms. The van der Waals surface area contributed by atoms with E-state index >= 15 is 0 Å². The fraction of sp³-hybridized carbons (Fsp3) is 0.286. The molecule has 1 N–H and O–H groups in total.